The van der Waals surface area contributed by atoms with Gasteiger partial charge in [-0.15, -0.1) is 0 Å². The van der Waals surface area contributed by atoms with Gasteiger partial charge in [0.1, 0.15) is 5.60 Å². The highest BCUT2D eigenvalue weighted by Gasteiger charge is 2.51. The highest BCUT2D eigenvalue weighted by atomic mass is 16.7. The molecule has 1 unspecified atom stereocenters. The number of nitriles is 1. The van der Waals surface area contributed by atoms with E-state index in [-0.39, 0.29) is 5.92 Å². The zero-order valence-electron chi connectivity index (χ0n) is 20.2. The van der Waals surface area contributed by atoms with E-state index >= 15 is 0 Å². The Morgan fingerprint density at radius 1 is 1.23 bits per heavy atom. The maximum absolute atomic E-state index is 9.02. The Hall–Kier alpha value is -1.23. The zero-order valence-corrected chi connectivity index (χ0v) is 20.2. The number of nitrogens with zero attached hydrogens (tertiary/aromatic N) is 1. The summed E-state index contributed by atoms with van der Waals surface area (Å²) < 4.78 is 29.7. The van der Waals surface area contributed by atoms with Gasteiger partial charge in [0.25, 0.3) is 0 Å². The standard InChI is InChI=1S/C24H41NO5/c1-19(2)11-15-23(26-5,27-6)20(3)10-9-14-22(4)24(28-7,29-8)16-12-21(13-17-25)18-30-22/h11,13,20H,9-10,12,14-16,18H2,1-8H3/b21-13+/t20?,22-/m0/s1. The molecule has 0 bridgehead atoms. The van der Waals surface area contributed by atoms with Gasteiger partial charge in [0.05, 0.1) is 12.7 Å². The van der Waals surface area contributed by atoms with Crippen LogP contribution in [0.5, 0.6) is 0 Å². The lowest BCUT2D eigenvalue weighted by Gasteiger charge is -2.45. The fourth-order valence-electron chi connectivity index (χ4n) is 4.38. The Bertz CT molecular complexity index is 624. The molecule has 1 fully saturated rings. The van der Waals surface area contributed by atoms with Gasteiger partial charge in [0.2, 0.25) is 0 Å². The van der Waals surface area contributed by atoms with Gasteiger partial charge in [-0.3, -0.25) is 0 Å². The quantitative estimate of drug-likeness (QED) is 0.260. The number of rotatable bonds is 11. The van der Waals surface area contributed by atoms with E-state index in [0.29, 0.717) is 25.9 Å². The first-order valence-corrected chi connectivity index (χ1v) is 10.7. The predicted octanol–water partition coefficient (Wildman–Crippen LogP) is 5.15. The van der Waals surface area contributed by atoms with E-state index in [0.717, 1.165) is 24.8 Å². The molecule has 1 saturated heterocycles. The maximum Gasteiger partial charge on any atom is 0.197 e. The molecule has 1 aliphatic rings. The van der Waals surface area contributed by atoms with Crippen LogP contribution in [0.25, 0.3) is 0 Å². The lowest BCUT2D eigenvalue weighted by atomic mass is 9.83. The smallest absolute Gasteiger partial charge is 0.197 e. The summed E-state index contributed by atoms with van der Waals surface area (Å²) in [7, 11) is 6.73. The summed E-state index contributed by atoms with van der Waals surface area (Å²) >= 11 is 0. The van der Waals surface area contributed by atoms with Crippen LogP contribution >= 0.6 is 0 Å². The topological polar surface area (TPSA) is 69.9 Å². The Morgan fingerprint density at radius 3 is 2.37 bits per heavy atom. The SMILES string of the molecule is COC(CC=C(C)C)(OC)C(C)CCC[C@]1(C)OC/C(=C/C#N)CCC1(OC)OC. The average Bonchev–Trinajstić information content (AvgIpc) is 2.86. The van der Waals surface area contributed by atoms with Crippen molar-refractivity contribution in [1.82, 2.24) is 0 Å². The maximum atomic E-state index is 9.02. The molecule has 0 aliphatic carbocycles. The van der Waals surface area contributed by atoms with Gasteiger partial charge in [-0.25, -0.2) is 0 Å². The number of allylic oxidation sites excluding steroid dienone is 2. The number of ether oxygens (including phenoxy) is 5. The van der Waals surface area contributed by atoms with E-state index in [4.69, 9.17) is 28.9 Å². The largest absolute Gasteiger partial charge is 0.365 e. The Labute approximate surface area is 183 Å². The summed E-state index contributed by atoms with van der Waals surface area (Å²) in [6, 6.07) is 2.11. The molecule has 6 heteroatoms. The van der Waals surface area contributed by atoms with E-state index in [9.17, 15) is 0 Å². The van der Waals surface area contributed by atoms with Crippen LogP contribution < -0.4 is 0 Å². The second-order valence-corrected chi connectivity index (χ2v) is 8.61. The zero-order chi connectivity index (χ0) is 22.8. The summed E-state index contributed by atoms with van der Waals surface area (Å²) in [5, 5.41) is 9.02. The van der Waals surface area contributed by atoms with Crippen molar-refractivity contribution >= 4 is 0 Å². The molecule has 0 spiro atoms. The molecule has 172 valence electrons. The van der Waals surface area contributed by atoms with E-state index in [2.05, 4.69) is 32.9 Å². The highest BCUT2D eigenvalue weighted by Crippen LogP contribution is 2.42. The van der Waals surface area contributed by atoms with Crippen molar-refractivity contribution in [2.75, 3.05) is 35.0 Å². The third-order valence-corrected chi connectivity index (χ3v) is 6.61. The van der Waals surface area contributed by atoms with Crippen LogP contribution in [0.3, 0.4) is 0 Å². The first-order valence-electron chi connectivity index (χ1n) is 10.7. The Morgan fingerprint density at radius 2 is 1.87 bits per heavy atom. The molecule has 6 nitrogen and oxygen atoms in total. The molecule has 2 atom stereocenters. The molecular weight excluding hydrogens is 382 g/mol. The molecule has 0 amide bonds. The minimum Gasteiger partial charge on any atom is -0.365 e. The Balaban J connectivity index is 2.94. The molecule has 0 N–H and O–H groups in total. The van der Waals surface area contributed by atoms with Crippen molar-refractivity contribution in [2.45, 2.75) is 83.4 Å². The molecule has 0 saturated carbocycles. The summed E-state index contributed by atoms with van der Waals surface area (Å²) in [6.45, 7) is 8.78. The number of hydrogen-bond acceptors (Lipinski definition) is 6. The van der Waals surface area contributed by atoms with E-state index in [1.165, 1.54) is 5.57 Å². The van der Waals surface area contributed by atoms with E-state index in [1.54, 1.807) is 34.5 Å². The van der Waals surface area contributed by atoms with Gasteiger partial charge in [0, 0.05) is 53.3 Å². The normalized spacial score (nSPS) is 24.2. The molecule has 0 aromatic carbocycles. The predicted molar refractivity (Wildman–Crippen MR) is 118 cm³/mol. The lowest BCUT2D eigenvalue weighted by molar-refractivity contribution is -0.307. The van der Waals surface area contributed by atoms with Crippen LogP contribution in [0, 0.1) is 17.2 Å². The van der Waals surface area contributed by atoms with Crippen molar-refractivity contribution in [3.63, 3.8) is 0 Å². The fourth-order valence-corrected chi connectivity index (χ4v) is 4.38. The number of methoxy groups -OCH3 is 4. The summed E-state index contributed by atoms with van der Waals surface area (Å²) in [4.78, 5) is 0. The van der Waals surface area contributed by atoms with Gasteiger partial charge in [-0.2, -0.15) is 5.26 Å². The second-order valence-electron chi connectivity index (χ2n) is 8.61. The van der Waals surface area contributed by atoms with Crippen LogP contribution in [-0.4, -0.2) is 52.2 Å². The molecular formula is C24H41NO5. The van der Waals surface area contributed by atoms with Gasteiger partial charge < -0.3 is 23.7 Å². The third kappa shape index (κ3) is 6.15. The van der Waals surface area contributed by atoms with Crippen molar-refractivity contribution < 1.29 is 23.7 Å². The minimum absolute atomic E-state index is 0.186. The van der Waals surface area contributed by atoms with Crippen molar-refractivity contribution in [3.05, 3.63) is 23.3 Å². The summed E-state index contributed by atoms with van der Waals surface area (Å²) in [6.07, 6.45) is 8.33. The summed E-state index contributed by atoms with van der Waals surface area (Å²) in [5.41, 5.74) is 1.57. The third-order valence-electron chi connectivity index (χ3n) is 6.61. The van der Waals surface area contributed by atoms with Gasteiger partial charge in [0.15, 0.2) is 11.6 Å². The Kier molecular flexibility index (Phi) is 10.7. The van der Waals surface area contributed by atoms with Crippen molar-refractivity contribution in [1.29, 1.82) is 5.26 Å². The molecule has 1 rings (SSSR count). The van der Waals surface area contributed by atoms with Crippen LogP contribution in [0.15, 0.2) is 23.3 Å². The molecule has 0 radical (unpaired) electrons. The van der Waals surface area contributed by atoms with Gasteiger partial charge in [-0.05, 0) is 52.0 Å². The first kappa shape index (κ1) is 26.8. The first-order chi connectivity index (χ1) is 14.2. The minimum atomic E-state index is -0.858. The van der Waals surface area contributed by atoms with Gasteiger partial charge >= 0.3 is 0 Å². The molecule has 0 aromatic heterocycles. The van der Waals surface area contributed by atoms with Crippen molar-refractivity contribution in [2.24, 2.45) is 5.92 Å². The lowest BCUT2D eigenvalue weighted by Crippen LogP contribution is -2.56. The second kappa shape index (κ2) is 12.0. The molecule has 1 aliphatic heterocycles. The van der Waals surface area contributed by atoms with Crippen LogP contribution in [0.4, 0.5) is 0 Å². The van der Waals surface area contributed by atoms with E-state index < -0.39 is 17.2 Å². The number of hydrogen-bond donors (Lipinski definition) is 0. The average molecular weight is 424 g/mol. The molecule has 30 heavy (non-hydrogen) atoms. The molecule has 1 heterocycles. The van der Waals surface area contributed by atoms with Crippen molar-refractivity contribution in [3.8, 4) is 6.07 Å². The van der Waals surface area contributed by atoms with Gasteiger partial charge in [-0.1, -0.05) is 18.6 Å². The molecule has 0 aromatic rings. The monoisotopic (exact) mass is 423 g/mol. The van der Waals surface area contributed by atoms with E-state index in [1.807, 2.05) is 6.92 Å². The van der Waals surface area contributed by atoms with Crippen LogP contribution in [0.2, 0.25) is 0 Å². The fraction of sp³-hybridized carbons (Fsp3) is 0.792. The van der Waals surface area contributed by atoms with Crippen LogP contribution in [-0.2, 0) is 23.7 Å². The highest BCUT2D eigenvalue weighted by molar-refractivity contribution is 5.16. The summed E-state index contributed by atoms with van der Waals surface area (Å²) in [5.74, 6) is -1.32. The van der Waals surface area contributed by atoms with Crippen LogP contribution in [0.1, 0.15) is 66.2 Å².